The Labute approximate surface area is 159 Å². The van der Waals surface area contributed by atoms with Crippen molar-refractivity contribution in [1.82, 2.24) is 4.98 Å². The van der Waals surface area contributed by atoms with Crippen molar-refractivity contribution >= 4 is 39.1 Å². The van der Waals surface area contributed by atoms with E-state index in [1.165, 1.54) is 0 Å². The fraction of sp³-hybridized carbons (Fsp3) is 0.158. The number of benzene rings is 2. The molecule has 128 valence electrons. The highest BCUT2D eigenvalue weighted by molar-refractivity contribution is 9.10. The van der Waals surface area contributed by atoms with E-state index in [4.69, 9.17) is 16.0 Å². The summed E-state index contributed by atoms with van der Waals surface area (Å²) in [6, 6.07) is 15.2. The number of aryl methyl sites for hydroxylation is 1. The minimum absolute atomic E-state index is 0.0842. The molecule has 0 aliphatic heterocycles. The minimum atomic E-state index is -0.0842. The second-order valence-electron chi connectivity index (χ2n) is 5.51. The van der Waals surface area contributed by atoms with E-state index in [2.05, 4.69) is 26.2 Å². The summed E-state index contributed by atoms with van der Waals surface area (Å²) in [5.41, 5.74) is 1.60. The van der Waals surface area contributed by atoms with Crippen LogP contribution in [0, 0.1) is 0 Å². The highest BCUT2D eigenvalue weighted by Crippen LogP contribution is 2.26. The summed E-state index contributed by atoms with van der Waals surface area (Å²) in [4.78, 5) is 16.3. The molecule has 3 rings (SSSR count). The number of hydrogen-bond donors (Lipinski definition) is 1. The summed E-state index contributed by atoms with van der Waals surface area (Å²) in [7, 11) is 0. The van der Waals surface area contributed by atoms with E-state index >= 15 is 0 Å². The Balaban J connectivity index is 1.49. The molecule has 0 spiro atoms. The highest BCUT2D eigenvalue weighted by Gasteiger charge is 2.09. The van der Waals surface area contributed by atoms with Crippen LogP contribution in [0.3, 0.4) is 0 Å². The predicted octanol–water partition coefficient (Wildman–Crippen LogP) is 5.72. The quantitative estimate of drug-likeness (QED) is 0.556. The number of nitrogens with one attached hydrogen (secondary N) is 1. The van der Waals surface area contributed by atoms with Crippen LogP contribution < -0.4 is 5.32 Å². The van der Waals surface area contributed by atoms with Crippen LogP contribution in [0.5, 0.6) is 0 Å². The van der Waals surface area contributed by atoms with E-state index in [1.54, 1.807) is 18.3 Å². The van der Waals surface area contributed by atoms with Crippen molar-refractivity contribution in [3.8, 4) is 11.3 Å². The third-order valence-electron chi connectivity index (χ3n) is 3.61. The van der Waals surface area contributed by atoms with Gasteiger partial charge in [0.15, 0.2) is 11.7 Å². The summed E-state index contributed by atoms with van der Waals surface area (Å²) < 4.78 is 6.60. The smallest absolute Gasteiger partial charge is 0.224 e. The maximum Gasteiger partial charge on any atom is 0.224 e. The predicted molar refractivity (Wildman–Crippen MR) is 103 cm³/mol. The van der Waals surface area contributed by atoms with Crippen molar-refractivity contribution < 1.29 is 9.21 Å². The van der Waals surface area contributed by atoms with Crippen LogP contribution in [0.25, 0.3) is 11.3 Å². The fourth-order valence-electron chi connectivity index (χ4n) is 2.37. The molecule has 25 heavy (non-hydrogen) atoms. The number of aromatic nitrogens is 1. The average molecular weight is 420 g/mol. The third kappa shape index (κ3) is 4.94. The van der Waals surface area contributed by atoms with Gasteiger partial charge in [-0.2, -0.15) is 0 Å². The summed E-state index contributed by atoms with van der Waals surface area (Å²) in [5.74, 6) is 1.29. The van der Waals surface area contributed by atoms with Crippen LogP contribution >= 0.6 is 27.5 Å². The summed E-state index contributed by atoms with van der Waals surface area (Å²) >= 11 is 9.43. The lowest BCUT2D eigenvalue weighted by Crippen LogP contribution is -2.11. The Kier molecular flexibility index (Phi) is 5.89. The lowest BCUT2D eigenvalue weighted by Gasteiger charge is -2.07. The SMILES string of the molecule is O=C(CCCc1ncc(-c2ccccc2)o1)Nc1ccc(Br)cc1Cl. The van der Waals surface area contributed by atoms with E-state index in [9.17, 15) is 4.79 Å². The van der Waals surface area contributed by atoms with Crippen molar-refractivity contribution in [3.05, 3.63) is 70.1 Å². The minimum Gasteiger partial charge on any atom is -0.441 e. The lowest BCUT2D eigenvalue weighted by atomic mass is 10.2. The first-order valence-corrected chi connectivity index (χ1v) is 9.04. The molecule has 0 saturated heterocycles. The standard InChI is InChI=1S/C19H16BrClN2O2/c20-14-9-10-16(15(21)11-14)23-18(24)7-4-8-19-22-12-17(25-19)13-5-2-1-3-6-13/h1-3,5-6,9-12H,4,7-8H2,(H,23,24). The number of carbonyl (C=O) groups excluding carboxylic acids is 1. The Bertz CT molecular complexity index is 865. The first kappa shape index (κ1) is 17.7. The normalized spacial score (nSPS) is 10.6. The van der Waals surface area contributed by atoms with Crippen molar-refractivity contribution in [1.29, 1.82) is 0 Å². The molecule has 1 aromatic heterocycles. The van der Waals surface area contributed by atoms with Crippen LogP contribution in [0.1, 0.15) is 18.7 Å². The molecule has 0 unspecified atom stereocenters. The fourth-order valence-corrected chi connectivity index (χ4v) is 3.09. The second kappa shape index (κ2) is 8.32. The van der Waals surface area contributed by atoms with Gasteiger partial charge in [0.1, 0.15) is 0 Å². The van der Waals surface area contributed by atoms with Gasteiger partial charge < -0.3 is 9.73 Å². The van der Waals surface area contributed by atoms with Crippen LogP contribution in [0.4, 0.5) is 5.69 Å². The molecule has 0 fully saturated rings. The number of anilines is 1. The molecule has 1 N–H and O–H groups in total. The van der Waals surface area contributed by atoms with Crippen LogP contribution in [0.2, 0.25) is 5.02 Å². The molecule has 1 heterocycles. The number of oxazole rings is 1. The maximum atomic E-state index is 12.0. The Morgan fingerprint density at radius 3 is 2.76 bits per heavy atom. The average Bonchev–Trinajstić information content (AvgIpc) is 3.07. The third-order valence-corrected chi connectivity index (χ3v) is 4.42. The van der Waals surface area contributed by atoms with E-state index in [1.807, 2.05) is 36.4 Å². The van der Waals surface area contributed by atoms with Gasteiger partial charge in [0.05, 0.1) is 16.9 Å². The van der Waals surface area contributed by atoms with Gasteiger partial charge in [0.25, 0.3) is 0 Å². The molecule has 3 aromatic rings. The number of rotatable bonds is 6. The second-order valence-corrected chi connectivity index (χ2v) is 6.83. The number of amides is 1. The zero-order chi connectivity index (χ0) is 17.6. The highest BCUT2D eigenvalue weighted by atomic mass is 79.9. The molecule has 1 amide bonds. The first-order valence-electron chi connectivity index (χ1n) is 7.87. The number of carbonyl (C=O) groups is 1. The van der Waals surface area contributed by atoms with Gasteiger partial charge in [-0.15, -0.1) is 0 Å². The molecule has 0 radical (unpaired) electrons. The Morgan fingerprint density at radius 1 is 1.20 bits per heavy atom. The zero-order valence-electron chi connectivity index (χ0n) is 13.3. The van der Waals surface area contributed by atoms with E-state index in [0.717, 1.165) is 15.8 Å². The Hall–Kier alpha value is -2.11. The maximum absolute atomic E-state index is 12.0. The van der Waals surface area contributed by atoms with Gasteiger partial charge >= 0.3 is 0 Å². The molecule has 2 aromatic carbocycles. The van der Waals surface area contributed by atoms with Crippen LogP contribution in [-0.2, 0) is 11.2 Å². The van der Waals surface area contributed by atoms with Crippen LogP contribution in [-0.4, -0.2) is 10.9 Å². The molecule has 4 nitrogen and oxygen atoms in total. The van der Waals surface area contributed by atoms with Gasteiger partial charge in [-0.05, 0) is 24.6 Å². The van der Waals surface area contributed by atoms with Crippen molar-refractivity contribution in [2.45, 2.75) is 19.3 Å². The monoisotopic (exact) mass is 418 g/mol. The molecule has 6 heteroatoms. The molecular formula is C19H16BrClN2O2. The van der Waals surface area contributed by atoms with E-state index < -0.39 is 0 Å². The van der Waals surface area contributed by atoms with Crippen molar-refractivity contribution in [3.63, 3.8) is 0 Å². The summed E-state index contributed by atoms with van der Waals surface area (Å²) in [6.45, 7) is 0. The molecule has 0 atom stereocenters. The van der Waals surface area contributed by atoms with Crippen molar-refractivity contribution in [2.75, 3.05) is 5.32 Å². The first-order chi connectivity index (χ1) is 12.1. The van der Waals surface area contributed by atoms with Gasteiger partial charge in [-0.1, -0.05) is 57.9 Å². The van der Waals surface area contributed by atoms with E-state index in [0.29, 0.717) is 35.9 Å². The van der Waals surface area contributed by atoms with Crippen LogP contribution in [0.15, 0.2) is 63.6 Å². The summed E-state index contributed by atoms with van der Waals surface area (Å²) in [5, 5.41) is 3.31. The van der Waals surface area contributed by atoms with Crippen molar-refractivity contribution in [2.24, 2.45) is 0 Å². The topological polar surface area (TPSA) is 55.1 Å². The number of hydrogen-bond acceptors (Lipinski definition) is 3. The van der Waals surface area contributed by atoms with Gasteiger partial charge in [0, 0.05) is 22.9 Å². The Morgan fingerprint density at radius 2 is 2.00 bits per heavy atom. The lowest BCUT2D eigenvalue weighted by molar-refractivity contribution is -0.116. The molecule has 0 bridgehead atoms. The van der Waals surface area contributed by atoms with E-state index in [-0.39, 0.29) is 5.91 Å². The summed E-state index contributed by atoms with van der Waals surface area (Å²) in [6.07, 6.45) is 3.34. The van der Waals surface area contributed by atoms with Gasteiger partial charge in [-0.3, -0.25) is 4.79 Å². The van der Waals surface area contributed by atoms with Gasteiger partial charge in [-0.25, -0.2) is 4.98 Å². The molecule has 0 saturated carbocycles. The largest absolute Gasteiger partial charge is 0.441 e. The number of halogens is 2. The van der Waals surface area contributed by atoms with Gasteiger partial charge in [0.2, 0.25) is 5.91 Å². The molecule has 0 aliphatic rings. The zero-order valence-corrected chi connectivity index (χ0v) is 15.7. The number of nitrogens with zero attached hydrogens (tertiary/aromatic N) is 1. The molecular weight excluding hydrogens is 404 g/mol. The molecule has 0 aliphatic carbocycles.